The molecule has 2 saturated carbocycles. The third kappa shape index (κ3) is 3.48. The summed E-state index contributed by atoms with van der Waals surface area (Å²) in [4.78, 5) is 23.3. The average molecular weight is 267 g/mol. The number of amides is 1. The summed E-state index contributed by atoms with van der Waals surface area (Å²) in [5.74, 6) is -1.65. The first-order valence-corrected chi connectivity index (χ1v) is 7.52. The van der Waals surface area contributed by atoms with Gasteiger partial charge < -0.3 is 10.4 Å². The molecule has 1 amide bonds. The Morgan fingerprint density at radius 3 is 2.37 bits per heavy atom. The molecule has 0 aromatic rings. The van der Waals surface area contributed by atoms with Gasteiger partial charge in [0.05, 0.1) is 11.8 Å². The van der Waals surface area contributed by atoms with Crippen molar-refractivity contribution in [2.75, 3.05) is 6.54 Å². The Morgan fingerprint density at radius 2 is 1.74 bits per heavy atom. The Labute approximate surface area is 115 Å². The largest absolute Gasteiger partial charge is 0.481 e. The minimum atomic E-state index is -0.818. The molecule has 2 aliphatic carbocycles. The summed E-state index contributed by atoms with van der Waals surface area (Å²) in [5, 5.41) is 12.1. The molecule has 0 radical (unpaired) electrons. The van der Waals surface area contributed by atoms with Gasteiger partial charge in [0, 0.05) is 6.54 Å². The first-order chi connectivity index (χ1) is 9.02. The molecule has 0 heterocycles. The van der Waals surface area contributed by atoms with Crippen molar-refractivity contribution in [1.29, 1.82) is 0 Å². The first kappa shape index (κ1) is 14.4. The van der Waals surface area contributed by atoms with Crippen LogP contribution in [-0.2, 0) is 9.59 Å². The zero-order valence-corrected chi connectivity index (χ0v) is 11.8. The Kier molecular flexibility index (Phi) is 4.48. The molecule has 2 aliphatic rings. The molecule has 0 aromatic carbocycles. The number of carboxylic acids is 1. The van der Waals surface area contributed by atoms with Crippen molar-refractivity contribution in [2.45, 2.75) is 58.3 Å². The van der Waals surface area contributed by atoms with E-state index >= 15 is 0 Å². The molecule has 0 aliphatic heterocycles. The topological polar surface area (TPSA) is 66.4 Å². The Bertz CT molecular complexity index is 347. The monoisotopic (exact) mass is 267 g/mol. The average Bonchev–Trinajstić information content (AvgIpc) is 2.86. The number of rotatable bonds is 4. The van der Waals surface area contributed by atoms with Crippen LogP contribution in [0.15, 0.2) is 0 Å². The van der Waals surface area contributed by atoms with Crippen LogP contribution in [0.3, 0.4) is 0 Å². The molecule has 0 aromatic heterocycles. The highest BCUT2D eigenvalue weighted by atomic mass is 16.4. The molecule has 0 spiro atoms. The fourth-order valence-electron chi connectivity index (χ4n) is 3.58. The van der Waals surface area contributed by atoms with Gasteiger partial charge in [-0.2, -0.15) is 0 Å². The summed E-state index contributed by atoms with van der Waals surface area (Å²) in [6, 6.07) is 0. The van der Waals surface area contributed by atoms with Crippen LogP contribution in [0.4, 0.5) is 0 Å². The Balaban J connectivity index is 1.85. The number of carbonyl (C=O) groups excluding carboxylic acids is 1. The summed E-state index contributed by atoms with van der Waals surface area (Å²) < 4.78 is 0. The van der Waals surface area contributed by atoms with Gasteiger partial charge in [-0.15, -0.1) is 0 Å². The minimum Gasteiger partial charge on any atom is -0.481 e. The molecule has 0 saturated heterocycles. The van der Waals surface area contributed by atoms with Gasteiger partial charge in [-0.25, -0.2) is 0 Å². The van der Waals surface area contributed by atoms with Gasteiger partial charge in [0.25, 0.3) is 0 Å². The molecule has 4 heteroatoms. The number of carboxylic acid groups (broad SMARTS) is 1. The molecule has 108 valence electrons. The van der Waals surface area contributed by atoms with Crippen molar-refractivity contribution < 1.29 is 14.7 Å². The van der Waals surface area contributed by atoms with Gasteiger partial charge in [0.15, 0.2) is 0 Å². The molecular formula is C15H25NO3. The van der Waals surface area contributed by atoms with E-state index in [1.54, 1.807) is 0 Å². The molecule has 4 nitrogen and oxygen atoms in total. The Morgan fingerprint density at radius 1 is 1.11 bits per heavy atom. The maximum absolute atomic E-state index is 12.2. The third-order valence-corrected chi connectivity index (χ3v) is 4.92. The van der Waals surface area contributed by atoms with Crippen LogP contribution in [0.1, 0.15) is 58.3 Å². The molecule has 0 unspecified atom stereocenters. The van der Waals surface area contributed by atoms with Gasteiger partial charge in [-0.05, 0) is 31.1 Å². The van der Waals surface area contributed by atoms with Crippen LogP contribution in [-0.4, -0.2) is 23.5 Å². The molecule has 19 heavy (non-hydrogen) atoms. The molecule has 2 rings (SSSR count). The van der Waals surface area contributed by atoms with E-state index in [0.717, 1.165) is 12.8 Å². The van der Waals surface area contributed by atoms with Crippen molar-refractivity contribution in [3.63, 3.8) is 0 Å². The van der Waals surface area contributed by atoms with Crippen molar-refractivity contribution in [3.8, 4) is 0 Å². The maximum atomic E-state index is 12.2. The summed E-state index contributed by atoms with van der Waals surface area (Å²) in [6.45, 7) is 2.93. The zero-order chi connectivity index (χ0) is 13.9. The van der Waals surface area contributed by atoms with Gasteiger partial charge in [-0.3, -0.25) is 9.59 Å². The molecule has 2 atom stereocenters. The lowest BCUT2D eigenvalue weighted by Crippen LogP contribution is -2.41. The van der Waals surface area contributed by atoms with E-state index in [1.807, 2.05) is 0 Å². The lowest BCUT2D eigenvalue weighted by Gasteiger charge is -2.34. The lowest BCUT2D eigenvalue weighted by atomic mass is 9.75. The van der Waals surface area contributed by atoms with Crippen LogP contribution in [0, 0.1) is 17.3 Å². The van der Waals surface area contributed by atoms with Crippen LogP contribution < -0.4 is 5.32 Å². The van der Waals surface area contributed by atoms with Crippen LogP contribution in [0.2, 0.25) is 0 Å². The minimum absolute atomic E-state index is 0.0447. The smallest absolute Gasteiger partial charge is 0.307 e. The van der Waals surface area contributed by atoms with Crippen LogP contribution in [0.25, 0.3) is 0 Å². The number of hydrogen-bond acceptors (Lipinski definition) is 2. The highest BCUT2D eigenvalue weighted by Gasteiger charge is 2.38. The first-order valence-electron chi connectivity index (χ1n) is 7.52. The highest BCUT2D eigenvalue weighted by molar-refractivity contribution is 5.85. The van der Waals surface area contributed by atoms with E-state index in [9.17, 15) is 9.59 Å². The normalized spacial score (nSPS) is 29.9. The number of nitrogens with one attached hydrogen (secondary N) is 1. The second kappa shape index (κ2) is 5.93. The van der Waals surface area contributed by atoms with Gasteiger partial charge in [0.1, 0.15) is 0 Å². The summed E-state index contributed by atoms with van der Waals surface area (Å²) in [6.07, 6.45) is 8.34. The summed E-state index contributed by atoms with van der Waals surface area (Å²) in [5.41, 5.74) is 0.214. The SMILES string of the molecule is CC1(CNC(=O)[C@@H]2CCC[C@@H]2C(=O)O)CCCCC1. The second-order valence-corrected chi connectivity index (χ2v) is 6.57. The van der Waals surface area contributed by atoms with Gasteiger partial charge >= 0.3 is 5.97 Å². The fourth-order valence-corrected chi connectivity index (χ4v) is 3.58. The van der Waals surface area contributed by atoms with E-state index in [-0.39, 0.29) is 17.2 Å². The van der Waals surface area contributed by atoms with E-state index in [4.69, 9.17) is 5.11 Å². The second-order valence-electron chi connectivity index (χ2n) is 6.57. The third-order valence-electron chi connectivity index (χ3n) is 4.92. The van der Waals surface area contributed by atoms with E-state index < -0.39 is 11.9 Å². The molecule has 2 N–H and O–H groups in total. The van der Waals surface area contributed by atoms with E-state index in [1.165, 1.54) is 32.1 Å². The zero-order valence-electron chi connectivity index (χ0n) is 11.8. The van der Waals surface area contributed by atoms with E-state index in [0.29, 0.717) is 13.0 Å². The van der Waals surface area contributed by atoms with Crippen molar-refractivity contribution in [1.82, 2.24) is 5.32 Å². The van der Waals surface area contributed by atoms with E-state index in [2.05, 4.69) is 12.2 Å². The van der Waals surface area contributed by atoms with Gasteiger partial charge in [0.2, 0.25) is 5.91 Å². The predicted octanol–water partition coefficient (Wildman–Crippen LogP) is 2.57. The van der Waals surface area contributed by atoms with Gasteiger partial charge in [-0.1, -0.05) is 32.6 Å². The molecular weight excluding hydrogens is 242 g/mol. The van der Waals surface area contributed by atoms with Crippen molar-refractivity contribution in [2.24, 2.45) is 17.3 Å². The predicted molar refractivity (Wildman–Crippen MR) is 72.7 cm³/mol. The fraction of sp³-hybridized carbons (Fsp3) is 0.867. The molecule has 2 fully saturated rings. The van der Waals surface area contributed by atoms with Crippen molar-refractivity contribution in [3.05, 3.63) is 0 Å². The number of hydrogen-bond donors (Lipinski definition) is 2. The van der Waals surface area contributed by atoms with Crippen molar-refractivity contribution >= 4 is 11.9 Å². The number of carbonyl (C=O) groups is 2. The maximum Gasteiger partial charge on any atom is 0.307 e. The summed E-state index contributed by atoms with van der Waals surface area (Å²) in [7, 11) is 0. The van der Waals surface area contributed by atoms with Crippen LogP contribution in [0.5, 0.6) is 0 Å². The summed E-state index contributed by atoms with van der Waals surface area (Å²) >= 11 is 0. The number of aliphatic carboxylic acids is 1. The highest BCUT2D eigenvalue weighted by Crippen LogP contribution is 2.36. The Hall–Kier alpha value is -1.06. The molecule has 0 bridgehead atoms. The van der Waals surface area contributed by atoms with Crippen LogP contribution >= 0.6 is 0 Å². The lowest BCUT2D eigenvalue weighted by molar-refractivity contribution is -0.146. The standard InChI is InChI=1S/C15H25NO3/c1-15(8-3-2-4-9-15)10-16-13(17)11-6-5-7-12(11)14(18)19/h11-12H,2-10H2,1H3,(H,16,17)(H,18,19)/t11-,12+/m1/s1. The quantitative estimate of drug-likeness (QED) is 0.822.